The van der Waals surface area contributed by atoms with Crippen LogP contribution in [0.4, 0.5) is 11.4 Å². The molecule has 0 saturated heterocycles. The number of rotatable bonds is 4. The first kappa shape index (κ1) is 16.4. The van der Waals surface area contributed by atoms with Gasteiger partial charge in [-0.15, -0.1) is 12.6 Å². The minimum Gasteiger partial charge on any atom is -0.380 e. The van der Waals surface area contributed by atoms with Crippen LogP contribution in [-0.4, -0.2) is 7.11 Å². The summed E-state index contributed by atoms with van der Waals surface area (Å²) in [7, 11) is 1.67. The molecule has 0 amide bonds. The van der Waals surface area contributed by atoms with E-state index in [0.29, 0.717) is 6.61 Å². The van der Waals surface area contributed by atoms with Crippen LogP contribution in [0.15, 0.2) is 63.7 Å². The van der Waals surface area contributed by atoms with Crippen LogP contribution < -0.4 is 0 Å². The molecule has 0 saturated carbocycles. The van der Waals surface area contributed by atoms with Gasteiger partial charge in [0.05, 0.1) is 18.0 Å². The molecule has 20 heavy (non-hydrogen) atoms. The number of azo groups is 1. The minimum absolute atomic E-state index is 0.533. The SMILES string of the molecule is CC.COCc1ccccc1N=Nc1ccc(S)cc1. The van der Waals surface area contributed by atoms with E-state index in [-0.39, 0.29) is 0 Å². The van der Waals surface area contributed by atoms with Gasteiger partial charge in [-0.2, -0.15) is 10.2 Å². The number of methoxy groups -OCH3 is 1. The molecule has 0 heterocycles. The Morgan fingerprint density at radius 1 is 0.950 bits per heavy atom. The highest BCUT2D eigenvalue weighted by molar-refractivity contribution is 7.80. The number of hydrogen-bond acceptors (Lipinski definition) is 4. The van der Waals surface area contributed by atoms with Crippen LogP contribution in [0.3, 0.4) is 0 Å². The van der Waals surface area contributed by atoms with Gasteiger partial charge >= 0.3 is 0 Å². The number of thiol groups is 1. The van der Waals surface area contributed by atoms with E-state index in [1.807, 2.05) is 62.4 Å². The van der Waals surface area contributed by atoms with E-state index in [1.165, 1.54) is 0 Å². The summed E-state index contributed by atoms with van der Waals surface area (Å²) in [5.74, 6) is 0. The third-order valence-electron chi connectivity index (χ3n) is 2.41. The Bertz CT molecular complexity index is 538. The second-order valence-corrected chi connectivity index (χ2v) is 4.29. The monoisotopic (exact) mass is 288 g/mol. The molecule has 106 valence electrons. The fourth-order valence-corrected chi connectivity index (χ4v) is 1.67. The zero-order chi connectivity index (χ0) is 14.8. The van der Waals surface area contributed by atoms with Crippen molar-refractivity contribution in [3.63, 3.8) is 0 Å². The lowest BCUT2D eigenvalue weighted by molar-refractivity contribution is 0.185. The van der Waals surface area contributed by atoms with Crippen LogP contribution in [0.1, 0.15) is 19.4 Å². The van der Waals surface area contributed by atoms with Gasteiger partial charge in [0, 0.05) is 17.6 Å². The van der Waals surface area contributed by atoms with E-state index in [0.717, 1.165) is 21.8 Å². The Balaban J connectivity index is 0.000000956. The van der Waals surface area contributed by atoms with Crippen molar-refractivity contribution in [2.45, 2.75) is 25.3 Å². The van der Waals surface area contributed by atoms with Gasteiger partial charge in [0.15, 0.2) is 0 Å². The molecule has 2 aromatic rings. The summed E-state index contributed by atoms with van der Waals surface area (Å²) >= 11 is 4.22. The minimum atomic E-state index is 0.533. The molecule has 0 aliphatic carbocycles. The first-order valence-corrected chi connectivity index (χ1v) is 7.02. The predicted molar refractivity (Wildman–Crippen MR) is 86.4 cm³/mol. The smallest absolute Gasteiger partial charge is 0.0912 e. The number of hydrogen-bond donors (Lipinski definition) is 1. The molecule has 3 nitrogen and oxygen atoms in total. The predicted octanol–water partition coefficient (Wildman–Crippen LogP) is 5.56. The van der Waals surface area contributed by atoms with Crippen molar-refractivity contribution in [1.82, 2.24) is 0 Å². The summed E-state index contributed by atoms with van der Waals surface area (Å²) in [6.45, 7) is 4.53. The molecule has 0 spiro atoms. The van der Waals surface area contributed by atoms with Crippen molar-refractivity contribution in [2.75, 3.05) is 7.11 Å². The topological polar surface area (TPSA) is 34.0 Å². The van der Waals surface area contributed by atoms with Gasteiger partial charge in [0.1, 0.15) is 0 Å². The Morgan fingerprint density at radius 3 is 2.25 bits per heavy atom. The van der Waals surface area contributed by atoms with Gasteiger partial charge in [0.25, 0.3) is 0 Å². The normalized spacial score (nSPS) is 10.2. The number of benzene rings is 2. The molecule has 4 heteroatoms. The van der Waals surface area contributed by atoms with Crippen molar-refractivity contribution in [2.24, 2.45) is 10.2 Å². The molecule has 0 aromatic heterocycles. The third-order valence-corrected chi connectivity index (χ3v) is 2.71. The van der Waals surface area contributed by atoms with E-state index in [1.54, 1.807) is 7.11 Å². The maximum atomic E-state index is 5.12. The molecule has 0 atom stereocenters. The summed E-state index contributed by atoms with van der Waals surface area (Å²) in [4.78, 5) is 0.911. The average molecular weight is 288 g/mol. The number of nitrogens with zero attached hydrogens (tertiary/aromatic N) is 2. The molecular formula is C16H20N2OS. The lowest BCUT2D eigenvalue weighted by atomic mass is 10.2. The second-order valence-electron chi connectivity index (χ2n) is 3.78. The van der Waals surface area contributed by atoms with E-state index in [2.05, 4.69) is 22.9 Å². The van der Waals surface area contributed by atoms with Crippen LogP contribution in [0, 0.1) is 0 Å². The molecule has 0 aliphatic rings. The fourth-order valence-electron chi connectivity index (χ4n) is 1.52. The molecule has 0 radical (unpaired) electrons. The standard InChI is InChI=1S/C14H14N2OS.C2H6/c1-17-10-11-4-2-3-5-14(11)16-15-12-6-8-13(18)9-7-12;1-2/h2-9,18H,10H2,1H3;1-2H3. The van der Waals surface area contributed by atoms with Crippen molar-refractivity contribution in [3.05, 3.63) is 54.1 Å². The molecule has 2 aromatic carbocycles. The van der Waals surface area contributed by atoms with Crippen molar-refractivity contribution in [3.8, 4) is 0 Å². The van der Waals surface area contributed by atoms with Gasteiger partial charge in [-0.05, 0) is 30.3 Å². The lowest BCUT2D eigenvalue weighted by Crippen LogP contribution is -1.86. The van der Waals surface area contributed by atoms with Crippen LogP contribution in [0.2, 0.25) is 0 Å². The van der Waals surface area contributed by atoms with E-state index < -0.39 is 0 Å². The second kappa shape index (κ2) is 9.28. The Labute approximate surface area is 126 Å². The summed E-state index contributed by atoms with van der Waals surface area (Å²) in [6, 6.07) is 15.3. The van der Waals surface area contributed by atoms with Crippen molar-refractivity contribution < 1.29 is 4.74 Å². The third kappa shape index (κ3) is 5.15. The molecular weight excluding hydrogens is 268 g/mol. The Morgan fingerprint density at radius 2 is 1.60 bits per heavy atom. The lowest BCUT2D eigenvalue weighted by Gasteiger charge is -2.02. The zero-order valence-electron chi connectivity index (χ0n) is 12.1. The summed E-state index contributed by atoms with van der Waals surface area (Å²) in [5, 5.41) is 8.44. The van der Waals surface area contributed by atoms with Crippen LogP contribution >= 0.6 is 12.6 Å². The highest BCUT2D eigenvalue weighted by Gasteiger charge is 1.99. The van der Waals surface area contributed by atoms with Crippen LogP contribution in [0.5, 0.6) is 0 Å². The van der Waals surface area contributed by atoms with Gasteiger partial charge < -0.3 is 4.74 Å². The molecule has 0 unspecified atom stereocenters. The molecule has 2 rings (SSSR count). The summed E-state index contributed by atoms with van der Waals surface area (Å²) < 4.78 is 5.12. The fraction of sp³-hybridized carbons (Fsp3) is 0.250. The highest BCUT2D eigenvalue weighted by Crippen LogP contribution is 2.23. The van der Waals surface area contributed by atoms with Crippen LogP contribution in [-0.2, 0) is 11.3 Å². The molecule has 0 aliphatic heterocycles. The molecule has 0 bridgehead atoms. The van der Waals surface area contributed by atoms with Crippen molar-refractivity contribution in [1.29, 1.82) is 0 Å². The van der Waals surface area contributed by atoms with E-state index in [4.69, 9.17) is 4.74 Å². The first-order valence-electron chi connectivity index (χ1n) is 6.57. The van der Waals surface area contributed by atoms with Crippen molar-refractivity contribution >= 4 is 24.0 Å². The molecule has 0 N–H and O–H groups in total. The first-order chi connectivity index (χ1) is 9.79. The quantitative estimate of drug-likeness (QED) is 0.579. The summed E-state index contributed by atoms with van der Waals surface area (Å²) in [6.07, 6.45) is 0. The Kier molecular flexibility index (Phi) is 7.62. The van der Waals surface area contributed by atoms with E-state index in [9.17, 15) is 0 Å². The Hall–Kier alpha value is -1.65. The average Bonchev–Trinajstić information content (AvgIpc) is 2.50. The maximum absolute atomic E-state index is 5.12. The largest absolute Gasteiger partial charge is 0.380 e. The summed E-state index contributed by atoms with van der Waals surface area (Å²) in [5.41, 5.74) is 2.66. The van der Waals surface area contributed by atoms with Gasteiger partial charge in [-0.25, -0.2) is 0 Å². The highest BCUT2D eigenvalue weighted by atomic mass is 32.1. The maximum Gasteiger partial charge on any atom is 0.0912 e. The number of ether oxygens (including phenoxy) is 1. The van der Waals surface area contributed by atoms with Gasteiger partial charge in [-0.3, -0.25) is 0 Å². The van der Waals surface area contributed by atoms with Crippen LogP contribution in [0.25, 0.3) is 0 Å². The van der Waals surface area contributed by atoms with Gasteiger partial charge in [-0.1, -0.05) is 32.0 Å². The van der Waals surface area contributed by atoms with Gasteiger partial charge in [0.2, 0.25) is 0 Å². The zero-order valence-corrected chi connectivity index (χ0v) is 13.0. The van der Waals surface area contributed by atoms with E-state index >= 15 is 0 Å². The molecule has 0 fully saturated rings.